The van der Waals surface area contributed by atoms with Crippen molar-refractivity contribution >= 4 is 17.6 Å². The molecule has 1 N–H and O–H groups in total. The molecule has 21 heavy (non-hydrogen) atoms. The number of nitrogens with zero attached hydrogens (tertiary/aromatic N) is 4. The first kappa shape index (κ1) is 14.0. The van der Waals surface area contributed by atoms with Gasteiger partial charge >= 0.3 is 0 Å². The Morgan fingerprint density at radius 2 is 1.86 bits per heavy atom. The summed E-state index contributed by atoms with van der Waals surface area (Å²) in [6.45, 7) is 7.13. The van der Waals surface area contributed by atoms with Gasteiger partial charge in [0.25, 0.3) is 5.91 Å². The van der Waals surface area contributed by atoms with E-state index in [0.717, 1.165) is 37.3 Å². The fourth-order valence-electron chi connectivity index (χ4n) is 2.92. The Labute approximate surface area is 124 Å². The van der Waals surface area contributed by atoms with Gasteiger partial charge in [-0.25, -0.2) is 4.99 Å². The highest BCUT2D eigenvalue weighted by atomic mass is 16.3. The smallest absolute Gasteiger partial charge is 0.262 e. The maximum Gasteiger partial charge on any atom is 0.262 e. The van der Waals surface area contributed by atoms with Crippen LogP contribution in [0.1, 0.15) is 13.8 Å². The molecular formula is C15H20N4O2. The van der Waals surface area contributed by atoms with Gasteiger partial charge in [0, 0.05) is 26.2 Å². The molecule has 3 aliphatic rings. The molecule has 0 spiro atoms. The number of likely N-dealkylation sites (N-methyl/N-ethyl adjacent to an activating group) is 1. The highest BCUT2D eigenvalue weighted by Gasteiger charge is 2.36. The first-order valence-electron chi connectivity index (χ1n) is 7.20. The van der Waals surface area contributed by atoms with Gasteiger partial charge in [-0.2, -0.15) is 4.99 Å². The summed E-state index contributed by atoms with van der Waals surface area (Å²) in [4.78, 5) is 25.2. The minimum absolute atomic E-state index is 0.112. The van der Waals surface area contributed by atoms with Crippen molar-refractivity contribution in [2.75, 3.05) is 33.2 Å². The summed E-state index contributed by atoms with van der Waals surface area (Å²) >= 11 is 0. The zero-order chi connectivity index (χ0) is 15.1. The minimum Gasteiger partial charge on any atom is -0.506 e. The first-order valence-corrected chi connectivity index (χ1v) is 7.20. The van der Waals surface area contributed by atoms with Gasteiger partial charge in [0.2, 0.25) is 5.96 Å². The quantitative estimate of drug-likeness (QED) is 0.721. The number of hydrogen-bond acceptors (Lipinski definition) is 5. The van der Waals surface area contributed by atoms with Gasteiger partial charge in [-0.3, -0.25) is 4.79 Å². The van der Waals surface area contributed by atoms with Crippen molar-refractivity contribution in [3.05, 3.63) is 23.0 Å². The van der Waals surface area contributed by atoms with Crippen LogP contribution in [0.5, 0.6) is 0 Å². The fraction of sp³-hybridized carbons (Fsp3) is 0.533. The molecule has 0 aromatic rings. The van der Waals surface area contributed by atoms with Crippen molar-refractivity contribution in [2.24, 2.45) is 15.9 Å². The Kier molecular flexibility index (Phi) is 3.41. The normalized spacial score (nSPS) is 27.2. The van der Waals surface area contributed by atoms with Gasteiger partial charge in [0.15, 0.2) is 0 Å². The number of carbonyl (C=O) groups is 1. The average Bonchev–Trinajstić information content (AvgIpc) is 2.44. The third kappa shape index (κ3) is 2.40. The van der Waals surface area contributed by atoms with Crippen LogP contribution in [0.4, 0.5) is 0 Å². The second-order valence-corrected chi connectivity index (χ2v) is 5.89. The van der Waals surface area contributed by atoms with E-state index >= 15 is 0 Å². The van der Waals surface area contributed by atoms with E-state index in [2.05, 4.69) is 21.9 Å². The topological polar surface area (TPSA) is 68.5 Å². The van der Waals surface area contributed by atoms with Crippen molar-refractivity contribution in [3.63, 3.8) is 0 Å². The SMILES string of the molecule is CC1=CC(C)=C(O)C2=NC(N3CCN(C)CC3)=NC(=O)C12. The van der Waals surface area contributed by atoms with Gasteiger partial charge in [0.1, 0.15) is 17.4 Å². The predicted molar refractivity (Wildman–Crippen MR) is 81.5 cm³/mol. The lowest BCUT2D eigenvalue weighted by Gasteiger charge is -2.35. The summed E-state index contributed by atoms with van der Waals surface area (Å²) in [6, 6.07) is 0. The maximum atomic E-state index is 12.3. The van der Waals surface area contributed by atoms with Gasteiger partial charge in [-0.1, -0.05) is 11.6 Å². The van der Waals surface area contributed by atoms with E-state index < -0.39 is 5.92 Å². The number of aliphatic hydroxyl groups excluding tert-OH is 1. The van der Waals surface area contributed by atoms with Crippen molar-refractivity contribution in [2.45, 2.75) is 13.8 Å². The van der Waals surface area contributed by atoms with E-state index in [1.165, 1.54) is 0 Å². The first-order chi connectivity index (χ1) is 9.97. The summed E-state index contributed by atoms with van der Waals surface area (Å²) in [7, 11) is 2.07. The van der Waals surface area contributed by atoms with Gasteiger partial charge in [0.05, 0.1) is 0 Å². The standard InChI is InChI=1S/C15H20N4O2/c1-9-8-10(2)13(20)12-11(9)14(21)17-15(16-12)19-6-4-18(3)5-7-19/h8,11,20H,4-7H2,1-3H3. The Balaban J connectivity index is 1.93. The molecule has 1 atom stereocenters. The predicted octanol–water partition coefficient (Wildman–Crippen LogP) is 0.979. The molecule has 2 aliphatic heterocycles. The lowest BCUT2D eigenvalue weighted by atomic mass is 9.85. The molecule has 112 valence electrons. The molecule has 1 saturated heterocycles. The molecule has 6 heteroatoms. The van der Waals surface area contributed by atoms with Crippen LogP contribution in [0.25, 0.3) is 0 Å². The number of amides is 1. The Morgan fingerprint density at radius 1 is 1.19 bits per heavy atom. The Morgan fingerprint density at radius 3 is 2.52 bits per heavy atom. The number of hydrogen-bond donors (Lipinski definition) is 1. The highest BCUT2D eigenvalue weighted by Crippen LogP contribution is 2.29. The van der Waals surface area contributed by atoms with Gasteiger partial charge in [-0.15, -0.1) is 0 Å². The van der Waals surface area contributed by atoms with Crippen LogP contribution in [0.15, 0.2) is 33.0 Å². The number of guanidine groups is 1. The van der Waals surface area contributed by atoms with E-state index in [1.54, 1.807) is 0 Å². The summed E-state index contributed by atoms with van der Waals surface area (Å²) in [5.41, 5.74) is 2.08. The fourth-order valence-corrected chi connectivity index (χ4v) is 2.92. The highest BCUT2D eigenvalue weighted by molar-refractivity contribution is 6.23. The van der Waals surface area contributed by atoms with Crippen molar-refractivity contribution in [3.8, 4) is 0 Å². The van der Waals surface area contributed by atoms with Crippen LogP contribution in [-0.2, 0) is 4.79 Å². The molecular weight excluding hydrogens is 268 g/mol. The molecule has 0 bridgehead atoms. The maximum absolute atomic E-state index is 12.3. The van der Waals surface area contributed by atoms with E-state index in [-0.39, 0.29) is 11.7 Å². The van der Waals surface area contributed by atoms with E-state index in [1.807, 2.05) is 24.8 Å². The number of allylic oxidation sites excluding steroid dienone is 3. The third-order valence-corrected chi connectivity index (χ3v) is 4.25. The number of fused-ring (bicyclic) bond motifs is 1. The molecule has 0 aromatic carbocycles. The summed E-state index contributed by atoms with van der Waals surface area (Å²) < 4.78 is 0. The largest absolute Gasteiger partial charge is 0.506 e. The molecule has 1 amide bonds. The van der Waals surface area contributed by atoms with Crippen LogP contribution >= 0.6 is 0 Å². The molecule has 2 heterocycles. The van der Waals surface area contributed by atoms with Crippen molar-refractivity contribution in [1.82, 2.24) is 9.80 Å². The average molecular weight is 288 g/mol. The van der Waals surface area contributed by atoms with E-state index in [9.17, 15) is 9.90 Å². The molecule has 1 aliphatic carbocycles. The van der Waals surface area contributed by atoms with Crippen LogP contribution < -0.4 is 0 Å². The Hall–Kier alpha value is -1.95. The molecule has 0 radical (unpaired) electrons. The van der Waals surface area contributed by atoms with Crippen molar-refractivity contribution in [1.29, 1.82) is 0 Å². The second-order valence-electron chi connectivity index (χ2n) is 5.89. The molecule has 0 aromatic heterocycles. The Bertz CT molecular complexity index is 607. The van der Waals surface area contributed by atoms with E-state index in [0.29, 0.717) is 11.7 Å². The number of rotatable bonds is 0. The molecule has 3 rings (SSSR count). The lowest BCUT2D eigenvalue weighted by molar-refractivity contribution is -0.119. The van der Waals surface area contributed by atoms with Crippen molar-refractivity contribution < 1.29 is 9.90 Å². The summed E-state index contributed by atoms with van der Waals surface area (Å²) in [5.74, 6) is -0.208. The molecule has 0 saturated carbocycles. The van der Waals surface area contributed by atoms with E-state index in [4.69, 9.17) is 0 Å². The number of aliphatic hydroxyl groups is 1. The third-order valence-electron chi connectivity index (χ3n) is 4.25. The van der Waals surface area contributed by atoms with Gasteiger partial charge in [-0.05, 0) is 26.5 Å². The molecule has 1 unspecified atom stereocenters. The van der Waals surface area contributed by atoms with Crippen LogP contribution in [0, 0.1) is 5.92 Å². The summed E-state index contributed by atoms with van der Waals surface area (Å²) in [6.07, 6.45) is 1.83. The lowest BCUT2D eigenvalue weighted by Crippen LogP contribution is -2.48. The number of aliphatic imine (C=N–C) groups is 2. The molecule has 1 fully saturated rings. The zero-order valence-corrected chi connectivity index (χ0v) is 12.6. The monoisotopic (exact) mass is 288 g/mol. The van der Waals surface area contributed by atoms with Crippen LogP contribution in [0.2, 0.25) is 0 Å². The zero-order valence-electron chi connectivity index (χ0n) is 12.6. The molecule has 6 nitrogen and oxygen atoms in total. The van der Waals surface area contributed by atoms with Crippen LogP contribution in [0.3, 0.4) is 0 Å². The minimum atomic E-state index is -0.523. The number of carbonyl (C=O) groups excluding carboxylic acids is 1. The number of piperazine rings is 1. The van der Waals surface area contributed by atoms with Crippen LogP contribution in [-0.4, -0.2) is 65.7 Å². The van der Waals surface area contributed by atoms with Gasteiger partial charge < -0.3 is 14.9 Å². The summed E-state index contributed by atoms with van der Waals surface area (Å²) in [5, 5.41) is 10.2. The second kappa shape index (κ2) is 5.11.